The molecular formula is C27H34N2O4. The third kappa shape index (κ3) is 4.54. The van der Waals surface area contributed by atoms with Crippen molar-refractivity contribution in [3.05, 3.63) is 63.2 Å². The third-order valence-corrected chi connectivity index (χ3v) is 7.54. The van der Waals surface area contributed by atoms with Crippen molar-refractivity contribution in [2.75, 3.05) is 0 Å². The SMILES string of the molecule is CCCC(=O)ONC(c1ccc2c(c1)C(C)(C)c1cc([N+](=O)[O-])ccc1-2)C1CCC(C)CC1. The zero-order valence-corrected chi connectivity index (χ0v) is 20.0. The lowest BCUT2D eigenvalue weighted by Gasteiger charge is -2.33. The molecule has 2 aliphatic rings. The lowest BCUT2D eigenvalue weighted by molar-refractivity contribution is -0.384. The van der Waals surface area contributed by atoms with Crippen LogP contribution in [0.3, 0.4) is 0 Å². The molecule has 1 unspecified atom stereocenters. The number of nitro groups is 1. The lowest BCUT2D eigenvalue weighted by atomic mass is 9.76. The number of rotatable bonds is 7. The number of carbonyl (C=O) groups is 1. The minimum atomic E-state index is -0.350. The standard InChI is InChI=1S/C27H34N2O4/c1-5-6-25(30)33-28-26(18-9-7-17(2)8-10-18)19-11-13-21-22-14-12-20(29(31)32)16-24(22)27(3,4)23(21)15-19/h11-18,26,28H,5-10H2,1-4H3. The number of benzene rings is 2. The average Bonchev–Trinajstić information content (AvgIpc) is 3.01. The Morgan fingerprint density at radius 1 is 1.12 bits per heavy atom. The van der Waals surface area contributed by atoms with E-state index in [2.05, 4.69) is 44.5 Å². The molecule has 1 N–H and O–H groups in total. The number of carbonyl (C=O) groups excluding carboxylic acids is 1. The number of nitrogens with zero attached hydrogens (tertiary/aromatic N) is 1. The van der Waals surface area contributed by atoms with Gasteiger partial charge in [0.1, 0.15) is 0 Å². The summed E-state index contributed by atoms with van der Waals surface area (Å²) >= 11 is 0. The second kappa shape index (κ2) is 9.26. The largest absolute Gasteiger partial charge is 0.370 e. The predicted molar refractivity (Wildman–Crippen MR) is 129 cm³/mol. The van der Waals surface area contributed by atoms with E-state index < -0.39 is 0 Å². The highest BCUT2D eigenvalue weighted by atomic mass is 16.7. The van der Waals surface area contributed by atoms with E-state index in [0.717, 1.165) is 53.0 Å². The first kappa shape index (κ1) is 23.4. The van der Waals surface area contributed by atoms with E-state index in [1.165, 1.54) is 12.8 Å². The highest BCUT2D eigenvalue weighted by Crippen LogP contribution is 2.50. The molecule has 0 amide bonds. The molecule has 6 nitrogen and oxygen atoms in total. The lowest BCUT2D eigenvalue weighted by Crippen LogP contribution is -2.33. The van der Waals surface area contributed by atoms with Gasteiger partial charge in [-0.05, 0) is 65.0 Å². The fraction of sp³-hybridized carbons (Fsp3) is 0.519. The Morgan fingerprint density at radius 2 is 1.76 bits per heavy atom. The Kier molecular flexibility index (Phi) is 6.57. The predicted octanol–water partition coefficient (Wildman–Crippen LogP) is 6.62. The first-order valence-electron chi connectivity index (χ1n) is 12.1. The van der Waals surface area contributed by atoms with Gasteiger partial charge in [0.15, 0.2) is 0 Å². The monoisotopic (exact) mass is 450 g/mol. The van der Waals surface area contributed by atoms with Gasteiger partial charge in [-0.1, -0.05) is 58.7 Å². The van der Waals surface area contributed by atoms with Gasteiger partial charge < -0.3 is 4.84 Å². The summed E-state index contributed by atoms with van der Waals surface area (Å²) in [6.45, 7) is 8.51. The van der Waals surface area contributed by atoms with Crippen LogP contribution in [0.5, 0.6) is 0 Å². The first-order valence-corrected chi connectivity index (χ1v) is 12.1. The fourth-order valence-corrected chi connectivity index (χ4v) is 5.49. The number of non-ortho nitro benzene ring substituents is 1. The van der Waals surface area contributed by atoms with Gasteiger partial charge in [0.2, 0.25) is 0 Å². The summed E-state index contributed by atoms with van der Waals surface area (Å²) in [4.78, 5) is 28.6. The molecule has 6 heteroatoms. The van der Waals surface area contributed by atoms with Gasteiger partial charge in [-0.2, -0.15) is 0 Å². The molecule has 33 heavy (non-hydrogen) atoms. The molecule has 0 spiro atoms. The molecule has 2 aliphatic carbocycles. The second-order valence-corrected chi connectivity index (χ2v) is 10.3. The quantitative estimate of drug-likeness (QED) is 0.379. The van der Waals surface area contributed by atoms with E-state index in [1.54, 1.807) is 12.1 Å². The minimum Gasteiger partial charge on any atom is -0.370 e. The average molecular weight is 451 g/mol. The first-order chi connectivity index (χ1) is 15.7. The minimum absolute atomic E-state index is 0.0718. The molecule has 0 aliphatic heterocycles. The van der Waals surface area contributed by atoms with Crippen LogP contribution in [0.15, 0.2) is 36.4 Å². The molecule has 1 saturated carbocycles. The summed E-state index contributed by atoms with van der Waals surface area (Å²) in [7, 11) is 0. The topological polar surface area (TPSA) is 81.5 Å². The molecule has 176 valence electrons. The van der Waals surface area contributed by atoms with Crippen molar-refractivity contribution in [2.24, 2.45) is 11.8 Å². The maximum atomic E-state index is 12.1. The Balaban J connectivity index is 1.68. The Labute approximate surface area is 195 Å². The van der Waals surface area contributed by atoms with Crippen LogP contribution in [-0.4, -0.2) is 10.9 Å². The number of hydroxylamine groups is 1. The summed E-state index contributed by atoms with van der Waals surface area (Å²) in [5.74, 6) is 0.892. The van der Waals surface area contributed by atoms with Crippen molar-refractivity contribution in [2.45, 2.75) is 77.7 Å². The second-order valence-electron chi connectivity index (χ2n) is 10.3. The summed E-state index contributed by atoms with van der Waals surface area (Å²) in [5, 5.41) is 11.4. The maximum absolute atomic E-state index is 12.1. The van der Waals surface area contributed by atoms with Crippen LogP contribution in [0.1, 0.15) is 89.0 Å². The van der Waals surface area contributed by atoms with Crippen LogP contribution in [0, 0.1) is 22.0 Å². The van der Waals surface area contributed by atoms with E-state index >= 15 is 0 Å². The van der Waals surface area contributed by atoms with Gasteiger partial charge >= 0.3 is 5.97 Å². The number of hydrogen-bond donors (Lipinski definition) is 1. The summed E-state index contributed by atoms with van der Waals surface area (Å²) < 4.78 is 0. The summed E-state index contributed by atoms with van der Waals surface area (Å²) in [6, 6.07) is 11.5. The zero-order chi connectivity index (χ0) is 23.8. The zero-order valence-electron chi connectivity index (χ0n) is 20.0. The Bertz CT molecular complexity index is 1050. The van der Waals surface area contributed by atoms with Crippen molar-refractivity contribution in [3.63, 3.8) is 0 Å². The maximum Gasteiger partial charge on any atom is 0.324 e. The van der Waals surface area contributed by atoms with E-state index in [0.29, 0.717) is 12.3 Å². The molecule has 0 aromatic heterocycles. The highest BCUT2D eigenvalue weighted by molar-refractivity contribution is 5.82. The third-order valence-electron chi connectivity index (χ3n) is 7.54. The number of nitro benzene ring substituents is 1. The van der Waals surface area contributed by atoms with Gasteiger partial charge in [-0.25, -0.2) is 0 Å². The Hall–Kier alpha value is -2.73. The summed E-state index contributed by atoms with van der Waals surface area (Å²) in [6.07, 6.45) is 5.69. The van der Waals surface area contributed by atoms with Crippen molar-refractivity contribution in [1.29, 1.82) is 0 Å². The number of nitrogens with one attached hydrogen (secondary N) is 1. The highest BCUT2D eigenvalue weighted by Gasteiger charge is 2.38. The molecule has 2 aromatic rings. The van der Waals surface area contributed by atoms with Crippen molar-refractivity contribution >= 4 is 11.7 Å². The molecule has 0 radical (unpaired) electrons. The van der Waals surface area contributed by atoms with E-state index in [-0.39, 0.29) is 28.0 Å². The molecule has 0 bridgehead atoms. The smallest absolute Gasteiger partial charge is 0.324 e. The van der Waals surface area contributed by atoms with Crippen LogP contribution >= 0.6 is 0 Å². The van der Waals surface area contributed by atoms with Gasteiger partial charge in [0.25, 0.3) is 5.69 Å². The van der Waals surface area contributed by atoms with E-state index in [9.17, 15) is 14.9 Å². The summed E-state index contributed by atoms with van der Waals surface area (Å²) in [5.41, 5.74) is 8.31. The van der Waals surface area contributed by atoms with Gasteiger partial charge in [-0.3, -0.25) is 14.9 Å². The van der Waals surface area contributed by atoms with Crippen LogP contribution in [0.4, 0.5) is 5.69 Å². The molecular weight excluding hydrogens is 416 g/mol. The van der Waals surface area contributed by atoms with Crippen molar-refractivity contribution < 1.29 is 14.6 Å². The molecule has 4 rings (SSSR count). The molecule has 2 aromatic carbocycles. The van der Waals surface area contributed by atoms with E-state index in [4.69, 9.17) is 4.84 Å². The van der Waals surface area contributed by atoms with Crippen LogP contribution in [-0.2, 0) is 15.0 Å². The molecule has 0 saturated heterocycles. The van der Waals surface area contributed by atoms with Gasteiger partial charge in [-0.15, -0.1) is 5.48 Å². The van der Waals surface area contributed by atoms with Crippen LogP contribution < -0.4 is 5.48 Å². The van der Waals surface area contributed by atoms with Gasteiger partial charge in [0.05, 0.1) is 11.0 Å². The number of fused-ring (bicyclic) bond motifs is 3. The fourth-order valence-electron chi connectivity index (χ4n) is 5.49. The molecule has 0 heterocycles. The molecule has 1 atom stereocenters. The van der Waals surface area contributed by atoms with Gasteiger partial charge in [0, 0.05) is 24.0 Å². The van der Waals surface area contributed by atoms with Crippen molar-refractivity contribution in [1.82, 2.24) is 5.48 Å². The van der Waals surface area contributed by atoms with E-state index in [1.807, 2.05) is 13.0 Å². The number of hydrogen-bond acceptors (Lipinski definition) is 5. The molecule has 1 fully saturated rings. The van der Waals surface area contributed by atoms with Crippen molar-refractivity contribution in [3.8, 4) is 11.1 Å². The normalized spacial score (nSPS) is 21.7. The Morgan fingerprint density at radius 3 is 2.39 bits per heavy atom. The van der Waals surface area contributed by atoms with Crippen LogP contribution in [0.2, 0.25) is 0 Å². The van der Waals surface area contributed by atoms with Crippen LogP contribution in [0.25, 0.3) is 11.1 Å².